The van der Waals surface area contributed by atoms with Crippen LogP contribution in [0.4, 0.5) is 0 Å². The second-order valence-electron chi connectivity index (χ2n) is 7.00. The van der Waals surface area contributed by atoms with Gasteiger partial charge in [0.15, 0.2) is 0 Å². The maximum atomic E-state index is 12.6. The summed E-state index contributed by atoms with van der Waals surface area (Å²) in [6.07, 6.45) is 2.57. The van der Waals surface area contributed by atoms with Crippen molar-refractivity contribution >= 4 is 35.8 Å². The number of rotatable bonds is 9. The van der Waals surface area contributed by atoms with E-state index in [9.17, 15) is 19.5 Å². The highest BCUT2D eigenvalue weighted by Crippen LogP contribution is 2.39. The predicted molar refractivity (Wildman–Crippen MR) is 114 cm³/mol. The number of tetrazole rings is 1. The van der Waals surface area contributed by atoms with Gasteiger partial charge < -0.3 is 20.0 Å². The Balaban J connectivity index is 1.38. The lowest BCUT2D eigenvalue weighted by atomic mass is 10.0. The van der Waals surface area contributed by atoms with Gasteiger partial charge in [-0.05, 0) is 28.1 Å². The zero-order valence-corrected chi connectivity index (χ0v) is 18.1. The van der Waals surface area contributed by atoms with Gasteiger partial charge in [0.05, 0.1) is 13.3 Å². The molecule has 0 bridgehead atoms. The molecular formula is C19H19N7O6S. The molecule has 1 saturated heterocycles. The van der Waals surface area contributed by atoms with Gasteiger partial charge in [0.1, 0.15) is 42.3 Å². The van der Waals surface area contributed by atoms with Gasteiger partial charge in [0.2, 0.25) is 5.91 Å². The van der Waals surface area contributed by atoms with E-state index in [0.29, 0.717) is 5.57 Å². The number of ether oxygens (including phenoxy) is 1. The molecule has 2 aliphatic rings. The summed E-state index contributed by atoms with van der Waals surface area (Å²) in [6, 6.07) is 6.39. The molecule has 1 aromatic heterocycles. The number of benzene rings is 1. The third-order valence-electron chi connectivity index (χ3n) is 4.89. The lowest BCUT2D eigenvalue weighted by molar-refractivity contribution is -0.150. The molecule has 172 valence electrons. The first-order chi connectivity index (χ1) is 16.0. The number of carboxylic acid groups (broad SMARTS) is 1. The van der Waals surface area contributed by atoms with Crippen molar-refractivity contribution < 1.29 is 29.1 Å². The maximum absolute atomic E-state index is 12.6. The van der Waals surface area contributed by atoms with Crippen LogP contribution in [0.3, 0.4) is 0 Å². The molecule has 1 fully saturated rings. The Morgan fingerprint density at radius 3 is 2.82 bits per heavy atom. The molecule has 3 heterocycles. The first-order valence-corrected chi connectivity index (χ1v) is 10.7. The first kappa shape index (κ1) is 22.3. The van der Waals surface area contributed by atoms with Crippen LogP contribution in [0.5, 0.6) is 5.75 Å². The predicted octanol–water partition coefficient (Wildman–Crippen LogP) is -0.377. The Morgan fingerprint density at radius 1 is 1.36 bits per heavy atom. The number of hydrogen-bond donors (Lipinski definition) is 2. The van der Waals surface area contributed by atoms with Crippen molar-refractivity contribution in [3.63, 3.8) is 0 Å². The zero-order chi connectivity index (χ0) is 23.4. The topological polar surface area (TPSA) is 161 Å². The number of oxime groups is 1. The number of nitrogens with zero attached hydrogens (tertiary/aromatic N) is 6. The van der Waals surface area contributed by atoms with Crippen LogP contribution in [0.25, 0.3) is 0 Å². The fourth-order valence-electron chi connectivity index (χ4n) is 3.30. The molecule has 13 nitrogen and oxygen atoms in total. The molecule has 2 aromatic rings. The van der Waals surface area contributed by atoms with Crippen molar-refractivity contribution in [3.8, 4) is 5.75 Å². The largest absolute Gasteiger partial charge is 0.497 e. The molecule has 2 aliphatic heterocycles. The molecular weight excluding hydrogens is 454 g/mol. The van der Waals surface area contributed by atoms with E-state index < -0.39 is 29.2 Å². The Bertz CT molecular complexity index is 1100. The molecule has 2 N–H and O–H groups in total. The average molecular weight is 473 g/mol. The van der Waals surface area contributed by atoms with Crippen LogP contribution in [0.1, 0.15) is 5.56 Å². The quantitative estimate of drug-likeness (QED) is 0.279. The molecule has 2 amide bonds. The lowest BCUT2D eigenvalue weighted by Gasteiger charge is -2.49. The number of amides is 2. The average Bonchev–Trinajstić information content (AvgIpc) is 3.33. The highest BCUT2D eigenvalue weighted by Gasteiger charge is 2.54. The number of fused-ring (bicyclic) bond motifs is 1. The monoisotopic (exact) mass is 473 g/mol. The minimum Gasteiger partial charge on any atom is -0.497 e. The highest BCUT2D eigenvalue weighted by atomic mass is 32.2. The van der Waals surface area contributed by atoms with E-state index >= 15 is 0 Å². The lowest BCUT2D eigenvalue weighted by Crippen LogP contribution is -2.70. The van der Waals surface area contributed by atoms with Crippen LogP contribution >= 0.6 is 11.8 Å². The molecule has 33 heavy (non-hydrogen) atoms. The smallest absolute Gasteiger partial charge is 0.353 e. The van der Waals surface area contributed by atoms with Gasteiger partial charge in [-0.3, -0.25) is 14.5 Å². The van der Waals surface area contributed by atoms with Crippen molar-refractivity contribution in [2.45, 2.75) is 24.6 Å². The first-order valence-electron chi connectivity index (χ1n) is 9.67. The van der Waals surface area contributed by atoms with Gasteiger partial charge in [-0.2, -0.15) is 0 Å². The minimum atomic E-state index is -1.26. The number of carbonyl (C=O) groups is 3. The van der Waals surface area contributed by atoms with Gasteiger partial charge >= 0.3 is 5.97 Å². The van der Waals surface area contributed by atoms with Crippen molar-refractivity contribution in [3.05, 3.63) is 47.4 Å². The summed E-state index contributed by atoms with van der Waals surface area (Å²) in [5.74, 6) is -1.23. The summed E-state index contributed by atoms with van der Waals surface area (Å²) in [4.78, 5) is 43.1. The van der Waals surface area contributed by atoms with Crippen LogP contribution in [-0.4, -0.2) is 78.5 Å². The summed E-state index contributed by atoms with van der Waals surface area (Å²) in [6.45, 7) is 0.0310. The fraction of sp³-hybridized carbons (Fsp3) is 0.316. The number of aromatic nitrogens is 4. The van der Waals surface area contributed by atoms with E-state index in [1.165, 1.54) is 29.0 Å². The third-order valence-corrected chi connectivity index (χ3v) is 6.19. The van der Waals surface area contributed by atoms with Crippen LogP contribution in [0.15, 0.2) is 47.0 Å². The summed E-state index contributed by atoms with van der Waals surface area (Å²) >= 11 is 1.32. The maximum Gasteiger partial charge on any atom is 0.353 e. The fourth-order valence-corrected chi connectivity index (χ4v) is 4.59. The van der Waals surface area contributed by atoms with Gasteiger partial charge in [-0.25, -0.2) is 9.48 Å². The Kier molecular flexibility index (Phi) is 6.53. The van der Waals surface area contributed by atoms with Gasteiger partial charge in [-0.15, -0.1) is 16.9 Å². The Labute approximate surface area is 191 Å². The Morgan fingerprint density at radius 2 is 2.15 bits per heavy atom. The molecule has 0 aliphatic carbocycles. The van der Waals surface area contributed by atoms with Crippen LogP contribution in [-0.2, 0) is 32.4 Å². The molecule has 0 radical (unpaired) electrons. The summed E-state index contributed by atoms with van der Waals surface area (Å²) < 4.78 is 6.31. The van der Waals surface area contributed by atoms with Gasteiger partial charge in [-0.1, -0.05) is 17.3 Å². The van der Waals surface area contributed by atoms with Crippen molar-refractivity contribution in [1.82, 2.24) is 30.4 Å². The highest BCUT2D eigenvalue weighted by molar-refractivity contribution is 8.00. The zero-order valence-electron chi connectivity index (χ0n) is 17.3. The van der Waals surface area contributed by atoms with Crippen LogP contribution < -0.4 is 10.1 Å². The van der Waals surface area contributed by atoms with Crippen molar-refractivity contribution in [2.75, 3.05) is 12.9 Å². The number of thioether (sulfide) groups is 1. The summed E-state index contributed by atoms with van der Waals surface area (Å²) in [5, 5.41) is 26.1. The minimum absolute atomic E-state index is 0.154. The number of nitrogens with one attached hydrogen (secondary N) is 1. The van der Waals surface area contributed by atoms with E-state index in [0.717, 1.165) is 16.2 Å². The van der Waals surface area contributed by atoms with Crippen molar-refractivity contribution in [1.29, 1.82) is 0 Å². The SMILES string of the molecule is COc1ccc(CON=CC2=C(C(=O)O)N3C(=O)[C@@H](NC(=O)Cn4cnnn4)[C@H]3SC2)cc1. The number of carboxylic acids is 1. The second kappa shape index (κ2) is 9.68. The number of carbonyl (C=O) groups excluding carboxylic acids is 2. The third kappa shape index (κ3) is 4.79. The van der Waals surface area contributed by atoms with E-state index in [4.69, 9.17) is 9.57 Å². The normalized spacial score (nSPS) is 19.8. The molecule has 2 atom stereocenters. The molecule has 0 spiro atoms. The standard InChI is InChI=1S/C19H19N7O6S/c1-31-13-4-2-11(3-5-13)8-32-21-6-12-9-33-18-15(17(28)26(18)16(12)19(29)30)22-14(27)7-25-10-20-23-24-25/h2-6,10,15,18H,7-9H2,1H3,(H,22,27)(H,29,30)/t15-,18-/m1/s1. The molecule has 14 heteroatoms. The summed E-state index contributed by atoms with van der Waals surface area (Å²) in [5.41, 5.74) is 1.02. The van der Waals surface area contributed by atoms with Crippen LogP contribution in [0, 0.1) is 0 Å². The summed E-state index contributed by atoms with van der Waals surface area (Å²) in [7, 11) is 1.58. The van der Waals surface area contributed by atoms with Gasteiger partial charge in [0.25, 0.3) is 5.91 Å². The van der Waals surface area contributed by atoms with E-state index in [1.807, 2.05) is 12.1 Å². The molecule has 0 saturated carbocycles. The van der Waals surface area contributed by atoms with E-state index in [1.54, 1.807) is 19.2 Å². The van der Waals surface area contributed by atoms with E-state index in [-0.39, 0.29) is 24.6 Å². The number of methoxy groups -OCH3 is 1. The van der Waals surface area contributed by atoms with Crippen molar-refractivity contribution in [2.24, 2.45) is 5.16 Å². The van der Waals surface area contributed by atoms with E-state index in [2.05, 4.69) is 26.0 Å². The van der Waals surface area contributed by atoms with Gasteiger partial charge in [0, 0.05) is 11.3 Å². The second-order valence-corrected chi connectivity index (χ2v) is 8.10. The molecule has 4 rings (SSSR count). The molecule has 0 unspecified atom stereocenters. The number of hydrogen-bond acceptors (Lipinski definition) is 10. The Hall–Kier alpha value is -3.94. The van der Waals surface area contributed by atoms with Crippen LogP contribution in [0.2, 0.25) is 0 Å². The number of aliphatic carboxylic acids is 1. The molecule has 1 aromatic carbocycles. The number of β-lactam (4-membered cyclic amide) rings is 1.